The van der Waals surface area contributed by atoms with Crippen molar-refractivity contribution in [3.63, 3.8) is 0 Å². The first-order valence-electron chi connectivity index (χ1n) is 2.85. The van der Waals surface area contributed by atoms with Crippen molar-refractivity contribution >= 4 is 5.91 Å². The van der Waals surface area contributed by atoms with E-state index in [4.69, 9.17) is 0 Å². The minimum absolute atomic E-state index is 0.0891. The maximum absolute atomic E-state index is 11.0. The molecule has 0 atom stereocenters. The van der Waals surface area contributed by atoms with Crippen LogP contribution < -0.4 is 0 Å². The summed E-state index contributed by atoms with van der Waals surface area (Å²) in [5.74, 6) is -0.0891. The third-order valence-electron chi connectivity index (χ3n) is 1.09. The molecule has 1 radical (unpaired) electrons. The number of H-pyrrole nitrogens is 1. The van der Waals surface area contributed by atoms with E-state index in [-0.39, 0.29) is 5.91 Å². The van der Waals surface area contributed by atoms with Crippen molar-refractivity contribution in [2.45, 2.75) is 0 Å². The molecule has 1 aromatic heterocycles. The first kappa shape index (κ1) is 6.80. The minimum Gasteiger partial charge on any atom is -0.345 e. The summed E-state index contributed by atoms with van der Waals surface area (Å²) < 4.78 is 0. The quantitative estimate of drug-likeness (QED) is 0.589. The largest absolute Gasteiger partial charge is 0.345 e. The fourth-order valence-electron chi connectivity index (χ4n) is 0.572. The second-order valence-corrected chi connectivity index (χ2v) is 2.11. The van der Waals surface area contributed by atoms with E-state index in [9.17, 15) is 4.79 Å². The Morgan fingerprint density at radius 1 is 1.80 bits per heavy atom. The monoisotopic (exact) mass is 138 g/mol. The first-order chi connectivity index (χ1) is 4.72. The van der Waals surface area contributed by atoms with Gasteiger partial charge in [0.05, 0.1) is 5.56 Å². The van der Waals surface area contributed by atoms with E-state index in [2.05, 4.69) is 16.4 Å². The highest BCUT2D eigenvalue weighted by atomic mass is 16.2. The number of hydrogen-bond donors (Lipinski definition) is 1. The second-order valence-electron chi connectivity index (χ2n) is 2.11. The van der Waals surface area contributed by atoms with E-state index in [1.807, 2.05) is 0 Å². The molecular weight excluding hydrogens is 130 g/mol. The zero-order valence-electron chi connectivity index (χ0n) is 5.88. The van der Waals surface area contributed by atoms with Gasteiger partial charge in [0.15, 0.2) is 0 Å². The smallest absolute Gasteiger partial charge is 0.257 e. The van der Waals surface area contributed by atoms with Gasteiger partial charge in [-0.2, -0.15) is 5.10 Å². The highest BCUT2D eigenvalue weighted by Crippen LogP contribution is 1.95. The molecule has 4 heteroatoms. The summed E-state index contributed by atoms with van der Waals surface area (Å²) in [5, 5.41) is 6.04. The topological polar surface area (TPSA) is 49.0 Å². The lowest BCUT2D eigenvalue weighted by molar-refractivity contribution is 0.0827. The molecule has 10 heavy (non-hydrogen) atoms. The van der Waals surface area contributed by atoms with Gasteiger partial charge >= 0.3 is 0 Å². The van der Waals surface area contributed by atoms with Crippen LogP contribution in [0.3, 0.4) is 0 Å². The van der Waals surface area contributed by atoms with Crippen molar-refractivity contribution in [3.8, 4) is 0 Å². The molecule has 0 aliphatic carbocycles. The Kier molecular flexibility index (Phi) is 1.71. The van der Waals surface area contributed by atoms with Crippen LogP contribution in [0.5, 0.6) is 0 Å². The highest BCUT2D eigenvalue weighted by molar-refractivity contribution is 5.92. The molecule has 0 unspecified atom stereocenters. The molecule has 0 aromatic carbocycles. The Labute approximate surface area is 58.8 Å². The summed E-state index contributed by atoms with van der Waals surface area (Å²) in [5.41, 5.74) is 0.463. The van der Waals surface area contributed by atoms with Gasteiger partial charge in [-0.3, -0.25) is 9.89 Å². The summed E-state index contributed by atoms with van der Waals surface area (Å²) in [4.78, 5) is 12.5. The minimum atomic E-state index is -0.0891. The Hall–Kier alpha value is -1.32. The van der Waals surface area contributed by atoms with Crippen molar-refractivity contribution in [2.24, 2.45) is 0 Å². The van der Waals surface area contributed by atoms with Gasteiger partial charge in [0.2, 0.25) is 0 Å². The summed E-state index contributed by atoms with van der Waals surface area (Å²) in [6.45, 7) is 0. The molecular formula is C6H8N3O. The number of amides is 1. The average Bonchev–Trinajstić information content (AvgIpc) is 2.36. The summed E-state index contributed by atoms with van der Waals surface area (Å²) >= 11 is 0. The van der Waals surface area contributed by atoms with Gasteiger partial charge in [0.1, 0.15) is 6.20 Å². The van der Waals surface area contributed by atoms with Crippen molar-refractivity contribution in [1.82, 2.24) is 15.1 Å². The fraction of sp³-hybridized carbons (Fsp3) is 0.333. The van der Waals surface area contributed by atoms with Crippen LogP contribution in [0.25, 0.3) is 0 Å². The standard InChI is InChI=1S/C6H8N3O/c1-9(2)6(10)5-3-7-8-4-5/h3H,1-2H3,(H,7,8). The van der Waals surface area contributed by atoms with Crippen molar-refractivity contribution in [2.75, 3.05) is 14.1 Å². The van der Waals surface area contributed by atoms with Crippen molar-refractivity contribution in [1.29, 1.82) is 0 Å². The third-order valence-corrected chi connectivity index (χ3v) is 1.09. The zero-order chi connectivity index (χ0) is 7.56. The Balaban J connectivity index is 2.78. The number of aromatic nitrogens is 2. The van der Waals surface area contributed by atoms with Crippen LogP contribution >= 0.6 is 0 Å². The maximum atomic E-state index is 11.0. The predicted molar refractivity (Wildman–Crippen MR) is 35.4 cm³/mol. The summed E-state index contributed by atoms with van der Waals surface area (Å²) in [6.07, 6.45) is 4.04. The number of hydrogen-bond acceptors (Lipinski definition) is 2. The van der Waals surface area contributed by atoms with Gasteiger partial charge in [0, 0.05) is 20.3 Å². The molecule has 0 saturated carbocycles. The van der Waals surface area contributed by atoms with Crippen molar-refractivity contribution < 1.29 is 4.79 Å². The van der Waals surface area contributed by atoms with E-state index < -0.39 is 0 Å². The number of nitrogens with zero attached hydrogens (tertiary/aromatic N) is 2. The third kappa shape index (κ3) is 1.15. The Morgan fingerprint density at radius 2 is 2.50 bits per heavy atom. The second kappa shape index (κ2) is 2.51. The van der Waals surface area contributed by atoms with Crippen LogP contribution in [0.15, 0.2) is 6.20 Å². The SMILES string of the molecule is CN(C)C(=O)c1[c]n[nH]c1. The number of carbonyl (C=O) groups is 1. The van der Waals surface area contributed by atoms with E-state index in [0.29, 0.717) is 5.56 Å². The molecule has 0 saturated heterocycles. The van der Waals surface area contributed by atoms with Crippen molar-refractivity contribution in [3.05, 3.63) is 18.0 Å². The van der Waals surface area contributed by atoms with Crippen LogP contribution in [0.1, 0.15) is 10.4 Å². The molecule has 0 spiro atoms. The fourth-order valence-corrected chi connectivity index (χ4v) is 0.572. The molecule has 1 rings (SSSR count). The number of nitrogens with one attached hydrogen (secondary N) is 1. The molecule has 1 amide bonds. The lowest BCUT2D eigenvalue weighted by Gasteiger charge is -2.06. The van der Waals surface area contributed by atoms with E-state index in [1.54, 1.807) is 14.1 Å². The maximum Gasteiger partial charge on any atom is 0.257 e. The number of rotatable bonds is 1. The van der Waals surface area contributed by atoms with Gasteiger partial charge in [0.25, 0.3) is 5.91 Å². The molecule has 0 fully saturated rings. The van der Waals surface area contributed by atoms with E-state index in [1.165, 1.54) is 11.1 Å². The number of carbonyl (C=O) groups excluding carboxylic acids is 1. The van der Waals surface area contributed by atoms with Gasteiger partial charge in [-0.15, -0.1) is 0 Å². The molecule has 0 aliphatic rings. The first-order valence-corrected chi connectivity index (χ1v) is 2.85. The summed E-state index contributed by atoms with van der Waals surface area (Å²) in [6, 6.07) is 0. The predicted octanol–water partition coefficient (Wildman–Crippen LogP) is -0.0883. The molecule has 0 bridgehead atoms. The molecule has 1 aromatic rings. The van der Waals surface area contributed by atoms with Gasteiger partial charge in [-0.1, -0.05) is 0 Å². The number of aromatic amines is 1. The Bertz CT molecular complexity index is 215. The molecule has 1 N–H and O–H groups in total. The molecule has 1 heterocycles. The van der Waals surface area contributed by atoms with E-state index in [0.717, 1.165) is 0 Å². The lowest BCUT2D eigenvalue weighted by atomic mass is 10.3. The van der Waals surface area contributed by atoms with Crippen LogP contribution in [0.2, 0.25) is 0 Å². The van der Waals surface area contributed by atoms with Gasteiger partial charge < -0.3 is 4.90 Å². The molecule has 53 valence electrons. The van der Waals surface area contributed by atoms with Gasteiger partial charge in [-0.05, 0) is 0 Å². The summed E-state index contributed by atoms with van der Waals surface area (Å²) in [7, 11) is 3.37. The van der Waals surface area contributed by atoms with Crippen LogP contribution in [0.4, 0.5) is 0 Å². The zero-order valence-corrected chi connectivity index (χ0v) is 5.88. The van der Waals surface area contributed by atoms with Crippen LogP contribution in [0, 0.1) is 6.20 Å². The van der Waals surface area contributed by atoms with E-state index >= 15 is 0 Å². The Morgan fingerprint density at radius 3 is 2.90 bits per heavy atom. The average molecular weight is 138 g/mol. The lowest BCUT2D eigenvalue weighted by Crippen LogP contribution is -2.21. The van der Waals surface area contributed by atoms with Gasteiger partial charge in [-0.25, -0.2) is 0 Å². The van der Waals surface area contributed by atoms with Crippen LogP contribution in [-0.4, -0.2) is 35.1 Å². The van der Waals surface area contributed by atoms with Crippen LogP contribution in [-0.2, 0) is 0 Å². The molecule has 0 aliphatic heterocycles. The molecule has 4 nitrogen and oxygen atoms in total. The highest BCUT2D eigenvalue weighted by Gasteiger charge is 2.07. The normalized spacial score (nSPS) is 9.40.